The van der Waals surface area contributed by atoms with E-state index in [0.717, 1.165) is 6.92 Å². The van der Waals surface area contributed by atoms with Crippen LogP contribution < -0.4 is 4.74 Å². The zero-order valence-corrected chi connectivity index (χ0v) is 40.9. The predicted molar refractivity (Wildman–Crippen MR) is 298 cm³/mol. The molecule has 1 aliphatic carbocycles. The number of hydrogen-bond acceptors (Lipinski definition) is 12. The first-order chi connectivity index (χ1) is 38.7. The highest BCUT2D eigenvalue weighted by Crippen LogP contribution is 2.68. The topological polar surface area (TPSA) is 328 Å². The predicted octanol–water partition coefficient (Wildman–Crippen LogP) is 12.3. The second-order valence-corrected chi connectivity index (χ2v) is 21.7. The van der Waals surface area contributed by atoms with Crippen LogP contribution in [0.5, 0.6) is 23.0 Å². The van der Waals surface area contributed by atoms with E-state index in [2.05, 4.69) is 0 Å². The minimum atomic E-state index is -1.79. The van der Waals surface area contributed by atoms with E-state index >= 15 is 0 Å². The van der Waals surface area contributed by atoms with Gasteiger partial charge in [0, 0.05) is 97.1 Å². The van der Waals surface area contributed by atoms with Gasteiger partial charge in [-0.25, -0.2) is 24.0 Å². The number of carbonyl (C=O) groups excluding carboxylic acids is 2. The maximum atomic E-state index is 14.9. The van der Waals surface area contributed by atoms with Crippen LogP contribution in [0, 0.1) is 6.92 Å². The van der Waals surface area contributed by atoms with Gasteiger partial charge in [-0.2, -0.15) is 0 Å². The van der Waals surface area contributed by atoms with Gasteiger partial charge in [-0.15, -0.1) is 0 Å². The summed E-state index contributed by atoms with van der Waals surface area (Å²) in [7, 11) is 0. The number of aromatic carboxylic acids is 5. The molecule has 1 atom stereocenters. The fraction of sp³-hybridized carbons (Fsp3) is 0.0476. The van der Waals surface area contributed by atoms with Gasteiger partial charge in [0.2, 0.25) is 0 Å². The number of aryl methyl sites for hydroxylation is 1. The molecule has 0 aliphatic heterocycles. The van der Waals surface area contributed by atoms with Gasteiger partial charge in [0.15, 0.2) is 5.78 Å². The van der Waals surface area contributed by atoms with Crippen molar-refractivity contribution in [2.24, 2.45) is 0 Å². The van der Waals surface area contributed by atoms with Crippen LogP contribution in [0.4, 0.5) is 0 Å². The maximum absolute atomic E-state index is 14.9. The Labute approximate surface area is 443 Å². The second kappa shape index (κ2) is 12.8. The lowest BCUT2D eigenvalue weighted by molar-refractivity contribution is -0.137. The molecule has 0 radical (unpaired) electrons. The van der Waals surface area contributed by atoms with Crippen LogP contribution in [0.25, 0.3) is 172 Å². The molecule has 0 heterocycles. The lowest BCUT2D eigenvalue weighted by Gasteiger charge is -2.36. The van der Waals surface area contributed by atoms with E-state index in [1.165, 1.54) is 36.4 Å². The first-order valence-corrected chi connectivity index (χ1v) is 25.0. The molecule has 384 valence electrons. The molecule has 0 saturated heterocycles. The average Bonchev–Trinajstić information content (AvgIpc) is 1.93. The number of phenols is 3. The van der Waals surface area contributed by atoms with Crippen LogP contribution in [-0.4, -0.2) is 94.0 Å². The number of hydrogen-bond donors (Lipinski definition) is 9. The van der Waals surface area contributed by atoms with Crippen molar-refractivity contribution in [1.82, 2.24) is 0 Å². The van der Waals surface area contributed by atoms with Gasteiger partial charge in [-0.3, -0.25) is 14.4 Å². The first kappa shape index (κ1) is 43.7. The summed E-state index contributed by atoms with van der Waals surface area (Å²) in [6.07, 6.45) is 0. The molecule has 0 amide bonds. The summed E-state index contributed by atoms with van der Waals surface area (Å²) in [5.74, 6) is -14.9. The van der Waals surface area contributed by atoms with E-state index in [-0.39, 0.29) is 190 Å². The molecule has 18 nitrogen and oxygen atoms in total. The summed E-state index contributed by atoms with van der Waals surface area (Å²) in [5.41, 5.74) is -3.26. The van der Waals surface area contributed by atoms with Crippen LogP contribution in [0.2, 0.25) is 0 Å². The number of fused-ring (bicyclic) bond motifs is 1. The molecular formula is C63H24O18. The summed E-state index contributed by atoms with van der Waals surface area (Å²) >= 11 is 0. The lowest BCUT2D eigenvalue weighted by atomic mass is 9.66. The fourth-order valence-corrected chi connectivity index (χ4v) is 16.5. The quantitative estimate of drug-likeness (QED) is 0.0281. The Morgan fingerprint density at radius 2 is 0.889 bits per heavy atom. The van der Waals surface area contributed by atoms with E-state index in [0.29, 0.717) is 5.56 Å². The van der Waals surface area contributed by atoms with Crippen molar-refractivity contribution in [3.63, 3.8) is 0 Å². The Morgan fingerprint density at radius 1 is 0.407 bits per heavy atom. The largest absolute Gasteiger partial charge is 0.507 e. The molecule has 0 spiro atoms. The van der Waals surface area contributed by atoms with Gasteiger partial charge in [-0.05, 0) is 142 Å². The number of Topliss-reactive ketones (excluding diaryl/α,β-unsaturated/α-hetero) is 1. The number of carboxylic acids is 6. The van der Waals surface area contributed by atoms with Crippen molar-refractivity contribution in [3.05, 3.63) is 92.5 Å². The molecular weight excluding hydrogens is 1040 g/mol. The Hall–Kier alpha value is -11.4. The van der Waals surface area contributed by atoms with Crippen LogP contribution in [0.1, 0.15) is 91.7 Å². The Kier molecular flexibility index (Phi) is 6.89. The van der Waals surface area contributed by atoms with Crippen molar-refractivity contribution in [2.45, 2.75) is 19.8 Å². The molecule has 0 bridgehead atoms. The smallest absolute Gasteiger partial charge is 0.340 e. The standard InChI is InChI=1S/C63H24O18/c1-11-5-16-24-20(6-11)56(67)53-50-36(24)42-35(32(16)60(73)74)23(12(2)65)52-41-31-19(33(57(52)68)61(75)76)8-17-25(59(71)72)13-3-4-21(66)26-18-7-15(58(69)70)14-9-22(81-10-64)34-39-28(14)29(18)40-37(27(13)26)30(17)38(31)43-45(40)44(39)49(48(50)47(43)46(41)42)51(54(34)62(77)78)55(53)63(79)80/h3-10,32,66-68H,1-2H3,(H,69,70)(H,71,72)(H,73,74)(H,75,76)(H,77,78)(H,79,80). The van der Waals surface area contributed by atoms with E-state index in [1.807, 2.05) is 0 Å². The number of carboxylic acid groups (broad SMARTS) is 6. The molecule has 1 unspecified atom stereocenters. The molecule has 0 saturated carbocycles. The number of benzene rings is 17. The average molecular weight is 1070 g/mol. The zero-order valence-electron chi connectivity index (χ0n) is 40.9. The third kappa shape index (κ3) is 4.09. The fourth-order valence-electron chi connectivity index (χ4n) is 16.5. The molecule has 0 fully saturated rings. The number of carbonyl (C=O) groups is 8. The summed E-state index contributed by atoms with van der Waals surface area (Å²) in [5, 5.41) is 108. The third-order valence-corrected chi connectivity index (χ3v) is 18.5. The minimum absolute atomic E-state index is 0.00483. The Balaban J connectivity index is 1.39. The van der Waals surface area contributed by atoms with Crippen molar-refractivity contribution in [1.29, 1.82) is 0 Å². The van der Waals surface area contributed by atoms with Crippen molar-refractivity contribution in [3.8, 4) is 23.0 Å². The Bertz CT molecular complexity index is 6140. The molecule has 18 rings (SSSR count). The normalized spacial score (nSPS) is 14.3. The molecule has 1 aliphatic rings. The van der Waals surface area contributed by atoms with Crippen molar-refractivity contribution >= 4 is 220 Å². The van der Waals surface area contributed by atoms with Gasteiger partial charge in [0.1, 0.15) is 34.5 Å². The number of aliphatic carboxylic acids is 1. The summed E-state index contributed by atoms with van der Waals surface area (Å²) in [6, 6.07) is 9.43. The van der Waals surface area contributed by atoms with E-state index in [1.54, 1.807) is 13.0 Å². The number of phenolic OH excluding ortho intramolecular Hbond substituents is 2. The highest BCUT2D eigenvalue weighted by molar-refractivity contribution is 6.67. The first-order valence-electron chi connectivity index (χ1n) is 25.0. The van der Waals surface area contributed by atoms with Crippen LogP contribution in [0.15, 0.2) is 42.5 Å². The number of ketones is 1. The number of aromatic hydroxyl groups is 3. The Morgan fingerprint density at radius 3 is 1.48 bits per heavy atom. The SMILES string of the molecule is CC(=O)c1c2c3c4c5c(cc(C)cc5c(O)c5c(C(=O)O)c6c(C(=O)O)c7c(OC=O)cc8c(C(=O)O)cc9c%10c(O)ccc%11c(C(=O)O)c%12cc%13c(C(=O)O)c(O)c1c1c%13c%13c%12c(c%11%10)c%10c9c8c7c7c6c(c54)c(c31)c%13c7%10)C2C(=O)O. The van der Waals surface area contributed by atoms with Gasteiger partial charge in [0.05, 0.1) is 22.3 Å². The van der Waals surface area contributed by atoms with Gasteiger partial charge >= 0.3 is 35.8 Å². The highest BCUT2D eigenvalue weighted by Gasteiger charge is 2.46. The zero-order chi connectivity index (χ0) is 56.0. The summed E-state index contributed by atoms with van der Waals surface area (Å²) in [6.45, 7) is 2.72. The van der Waals surface area contributed by atoms with E-state index in [9.17, 15) is 84.3 Å². The summed E-state index contributed by atoms with van der Waals surface area (Å²) < 4.78 is 5.68. The monoisotopic (exact) mass is 1070 g/mol. The molecule has 9 N–H and O–H groups in total. The van der Waals surface area contributed by atoms with Crippen molar-refractivity contribution in [2.75, 3.05) is 0 Å². The highest BCUT2D eigenvalue weighted by atomic mass is 16.5. The van der Waals surface area contributed by atoms with Gasteiger partial charge < -0.3 is 50.7 Å². The van der Waals surface area contributed by atoms with Crippen LogP contribution in [-0.2, 0) is 9.59 Å². The third-order valence-electron chi connectivity index (χ3n) is 18.5. The van der Waals surface area contributed by atoms with E-state index < -0.39 is 104 Å². The maximum Gasteiger partial charge on any atom is 0.340 e. The molecule has 17 aromatic carbocycles. The molecule has 17 aromatic rings. The molecule has 0 aromatic heterocycles. The van der Waals surface area contributed by atoms with Crippen LogP contribution in [0.3, 0.4) is 0 Å². The second-order valence-electron chi connectivity index (χ2n) is 21.7. The minimum Gasteiger partial charge on any atom is -0.507 e. The van der Waals surface area contributed by atoms with E-state index in [4.69, 9.17) is 4.74 Å². The lowest BCUT2D eigenvalue weighted by Crippen LogP contribution is -2.21. The molecule has 18 heteroatoms. The summed E-state index contributed by atoms with van der Waals surface area (Å²) in [4.78, 5) is 113. The van der Waals surface area contributed by atoms with Gasteiger partial charge in [-0.1, -0.05) is 11.6 Å². The van der Waals surface area contributed by atoms with Gasteiger partial charge in [0.25, 0.3) is 6.47 Å². The van der Waals surface area contributed by atoms with Crippen molar-refractivity contribution < 1.29 is 89.1 Å². The van der Waals surface area contributed by atoms with Crippen LogP contribution >= 0.6 is 0 Å². The molecule has 81 heavy (non-hydrogen) atoms. The number of rotatable bonds is 9. The number of ether oxygens (including phenoxy) is 1.